The lowest BCUT2D eigenvalue weighted by atomic mass is 10.1. The Morgan fingerprint density at radius 3 is 2.50 bits per heavy atom. The van der Waals surface area contributed by atoms with Crippen LogP contribution in [-0.2, 0) is 14.3 Å². The molecule has 3 aromatic rings. The first kappa shape index (κ1) is 30.8. The van der Waals surface area contributed by atoms with Gasteiger partial charge >= 0.3 is 5.69 Å². The zero-order chi connectivity index (χ0) is 30.4. The van der Waals surface area contributed by atoms with E-state index in [9.17, 15) is 14.4 Å². The molecule has 3 heterocycles. The SMILES string of the molecule is COc1ccccc1/C(=C/n1cc(/C(C)=N/OC(C)C)c(=O)n(N(C)C(=O)c2ccsc2C)c1=O)OC1CCOCC1. The number of nitrogens with zero attached hydrogens (tertiary/aromatic N) is 4. The van der Waals surface area contributed by atoms with E-state index >= 15 is 0 Å². The Bertz CT molecular complexity index is 1600. The monoisotopic (exact) mass is 596 g/mol. The molecular formula is C30H36N4O7S. The molecule has 11 nitrogen and oxygen atoms in total. The fourth-order valence-corrected chi connectivity index (χ4v) is 5.07. The Balaban J connectivity index is 1.94. The molecule has 0 spiro atoms. The van der Waals surface area contributed by atoms with Crippen molar-refractivity contribution >= 4 is 34.9 Å². The first-order chi connectivity index (χ1) is 20.1. The number of hydrogen-bond acceptors (Lipinski definition) is 9. The van der Waals surface area contributed by atoms with E-state index < -0.39 is 17.2 Å². The minimum Gasteiger partial charge on any atom is -0.496 e. The van der Waals surface area contributed by atoms with Gasteiger partial charge in [-0.25, -0.2) is 9.80 Å². The van der Waals surface area contributed by atoms with Gasteiger partial charge in [-0.05, 0) is 51.3 Å². The molecule has 1 amide bonds. The van der Waals surface area contributed by atoms with Gasteiger partial charge in [0.2, 0.25) is 0 Å². The van der Waals surface area contributed by atoms with Crippen molar-refractivity contribution in [2.45, 2.75) is 52.7 Å². The fourth-order valence-electron chi connectivity index (χ4n) is 4.38. The van der Waals surface area contributed by atoms with Crippen LogP contribution in [0.4, 0.5) is 0 Å². The van der Waals surface area contributed by atoms with Crippen LogP contribution in [0.15, 0.2) is 56.7 Å². The summed E-state index contributed by atoms with van der Waals surface area (Å²) in [6, 6.07) is 8.95. The largest absolute Gasteiger partial charge is 0.496 e. The predicted molar refractivity (Wildman–Crippen MR) is 163 cm³/mol. The van der Waals surface area contributed by atoms with Crippen molar-refractivity contribution in [2.24, 2.45) is 5.16 Å². The highest BCUT2D eigenvalue weighted by Gasteiger charge is 2.24. The number of amides is 1. The van der Waals surface area contributed by atoms with Crippen molar-refractivity contribution in [1.82, 2.24) is 9.24 Å². The van der Waals surface area contributed by atoms with E-state index in [0.29, 0.717) is 48.7 Å². The van der Waals surface area contributed by atoms with Crippen LogP contribution >= 0.6 is 11.3 Å². The lowest BCUT2D eigenvalue weighted by Gasteiger charge is -2.26. The Labute approximate surface area is 248 Å². The van der Waals surface area contributed by atoms with Gasteiger partial charge < -0.3 is 19.0 Å². The number of carbonyl (C=O) groups excluding carboxylic acids is 1. The Morgan fingerprint density at radius 1 is 1.14 bits per heavy atom. The molecule has 0 bridgehead atoms. The summed E-state index contributed by atoms with van der Waals surface area (Å²) in [4.78, 5) is 47.3. The number of para-hydroxylation sites is 1. The van der Waals surface area contributed by atoms with Gasteiger partial charge in [-0.15, -0.1) is 11.3 Å². The van der Waals surface area contributed by atoms with E-state index in [-0.39, 0.29) is 23.5 Å². The zero-order valence-electron chi connectivity index (χ0n) is 24.7. The van der Waals surface area contributed by atoms with Crippen LogP contribution in [0.2, 0.25) is 0 Å². The van der Waals surface area contributed by atoms with Gasteiger partial charge in [0.05, 0.1) is 48.9 Å². The third-order valence-electron chi connectivity index (χ3n) is 6.66. The number of thiophene rings is 1. The minimum absolute atomic E-state index is 0.0682. The number of oxime groups is 1. The molecule has 0 saturated carbocycles. The number of methoxy groups -OCH3 is 1. The van der Waals surface area contributed by atoms with E-state index in [2.05, 4.69) is 5.16 Å². The lowest BCUT2D eigenvalue weighted by molar-refractivity contribution is 0.0139. The summed E-state index contributed by atoms with van der Waals surface area (Å²) in [5, 5.41) is 6.90. The van der Waals surface area contributed by atoms with Crippen molar-refractivity contribution in [3.63, 3.8) is 0 Å². The van der Waals surface area contributed by atoms with Gasteiger partial charge in [0.15, 0.2) is 0 Å². The first-order valence-corrected chi connectivity index (χ1v) is 14.5. The molecule has 0 N–H and O–H groups in total. The molecule has 1 aliphatic heterocycles. The Morgan fingerprint density at radius 2 is 1.86 bits per heavy atom. The number of rotatable bonds is 10. The molecule has 1 saturated heterocycles. The lowest BCUT2D eigenvalue weighted by Crippen LogP contribution is -2.54. The van der Waals surface area contributed by atoms with Crippen LogP contribution < -0.4 is 21.0 Å². The van der Waals surface area contributed by atoms with Crippen molar-refractivity contribution in [2.75, 3.05) is 32.4 Å². The fraction of sp³-hybridized carbons (Fsp3) is 0.400. The van der Waals surface area contributed by atoms with Crippen LogP contribution in [0, 0.1) is 6.92 Å². The van der Waals surface area contributed by atoms with Gasteiger partial charge in [0, 0.05) is 31.0 Å². The second kappa shape index (κ2) is 13.7. The summed E-state index contributed by atoms with van der Waals surface area (Å²) in [6.45, 7) is 8.13. The van der Waals surface area contributed by atoms with Gasteiger partial charge in [0.25, 0.3) is 11.5 Å². The molecule has 42 heavy (non-hydrogen) atoms. The van der Waals surface area contributed by atoms with Gasteiger partial charge in [-0.3, -0.25) is 14.2 Å². The molecule has 4 rings (SSSR count). The van der Waals surface area contributed by atoms with E-state index in [1.54, 1.807) is 38.5 Å². The maximum absolute atomic E-state index is 14.0. The molecule has 0 aliphatic carbocycles. The van der Waals surface area contributed by atoms with Gasteiger partial charge in [-0.2, -0.15) is 4.68 Å². The Kier molecular flexibility index (Phi) is 10.0. The smallest absolute Gasteiger partial charge is 0.354 e. The summed E-state index contributed by atoms with van der Waals surface area (Å²) in [6.07, 6.45) is 3.82. The molecule has 1 fully saturated rings. The second-order valence-corrected chi connectivity index (χ2v) is 11.1. The highest BCUT2D eigenvalue weighted by molar-refractivity contribution is 7.10. The average molecular weight is 597 g/mol. The van der Waals surface area contributed by atoms with Crippen LogP contribution in [0.3, 0.4) is 0 Å². The van der Waals surface area contributed by atoms with E-state index in [1.165, 1.54) is 35.3 Å². The standard InChI is InChI=1S/C30H36N4O7S/c1-19(2)41-31-20(3)25-17-33(30(37)34(29(25)36)32(5)28(35)23-13-16-42-21(23)4)18-27(40-22-11-14-39-15-12-22)24-9-7-8-10-26(24)38-6/h7-10,13,16-19,22H,11-12,14-15H2,1-6H3/b27-18-,31-20+. The van der Waals surface area contributed by atoms with Crippen molar-refractivity contribution in [3.05, 3.63) is 84.3 Å². The van der Waals surface area contributed by atoms with Crippen LogP contribution in [0.5, 0.6) is 5.75 Å². The average Bonchev–Trinajstić information content (AvgIpc) is 3.42. The van der Waals surface area contributed by atoms with E-state index in [1.807, 2.05) is 32.0 Å². The molecule has 2 aromatic heterocycles. The van der Waals surface area contributed by atoms with Gasteiger partial charge in [0.1, 0.15) is 23.7 Å². The van der Waals surface area contributed by atoms with E-state index in [0.717, 1.165) is 14.6 Å². The summed E-state index contributed by atoms with van der Waals surface area (Å²) in [5.74, 6) is 0.394. The van der Waals surface area contributed by atoms with Crippen LogP contribution in [0.25, 0.3) is 12.0 Å². The van der Waals surface area contributed by atoms with Crippen molar-refractivity contribution < 1.29 is 23.8 Å². The predicted octanol–water partition coefficient (Wildman–Crippen LogP) is 4.10. The quantitative estimate of drug-likeness (QED) is 0.197. The highest BCUT2D eigenvalue weighted by atomic mass is 32.1. The third kappa shape index (κ3) is 6.82. The second-order valence-electron chi connectivity index (χ2n) is 10.0. The molecule has 1 aromatic carbocycles. The molecule has 0 unspecified atom stereocenters. The normalized spacial score (nSPS) is 14.6. The number of aryl methyl sites for hydroxylation is 1. The van der Waals surface area contributed by atoms with Crippen LogP contribution in [0.1, 0.15) is 60.0 Å². The minimum atomic E-state index is -0.770. The molecular weight excluding hydrogens is 560 g/mol. The molecule has 12 heteroatoms. The molecule has 0 radical (unpaired) electrons. The number of benzene rings is 1. The molecule has 0 atom stereocenters. The summed E-state index contributed by atoms with van der Waals surface area (Å²) >= 11 is 1.40. The number of hydrogen-bond donors (Lipinski definition) is 0. The van der Waals surface area contributed by atoms with Crippen molar-refractivity contribution in [1.29, 1.82) is 0 Å². The molecule has 224 valence electrons. The number of carbonyl (C=O) groups is 1. The Hall–Kier alpha value is -4.16. The summed E-state index contributed by atoms with van der Waals surface area (Å²) in [7, 11) is 2.94. The third-order valence-corrected chi connectivity index (χ3v) is 7.50. The summed E-state index contributed by atoms with van der Waals surface area (Å²) in [5.41, 5.74) is -0.170. The number of ether oxygens (including phenoxy) is 3. The van der Waals surface area contributed by atoms with E-state index in [4.69, 9.17) is 19.0 Å². The van der Waals surface area contributed by atoms with Crippen molar-refractivity contribution in [3.8, 4) is 5.75 Å². The van der Waals surface area contributed by atoms with Crippen LogP contribution in [-0.4, -0.2) is 60.4 Å². The number of aromatic nitrogens is 2. The topological polar surface area (TPSA) is 114 Å². The summed E-state index contributed by atoms with van der Waals surface area (Å²) < 4.78 is 19.5. The maximum Gasteiger partial charge on any atom is 0.354 e. The maximum atomic E-state index is 14.0. The highest BCUT2D eigenvalue weighted by Crippen LogP contribution is 2.30. The zero-order valence-corrected chi connectivity index (χ0v) is 25.5. The molecule has 1 aliphatic rings. The van der Waals surface area contributed by atoms with Gasteiger partial charge in [-0.1, -0.05) is 17.3 Å². The first-order valence-electron chi connectivity index (χ1n) is 13.6.